The molecule has 1 heterocycles. The summed E-state index contributed by atoms with van der Waals surface area (Å²) in [6.07, 6.45) is 1.59. The number of nitrogens with zero attached hydrogens (tertiary/aromatic N) is 1. The van der Waals surface area contributed by atoms with Crippen LogP contribution in [0.15, 0.2) is 53.4 Å². The van der Waals surface area contributed by atoms with Gasteiger partial charge in [-0.25, -0.2) is 0 Å². The quantitative estimate of drug-likeness (QED) is 0.751. The van der Waals surface area contributed by atoms with Crippen molar-refractivity contribution in [2.45, 2.75) is 0 Å². The van der Waals surface area contributed by atoms with Crippen LogP contribution in [0.3, 0.4) is 0 Å². The number of benzene rings is 2. The Hall–Kier alpha value is -3.26. The number of methoxy groups -OCH3 is 2. The fourth-order valence-electron chi connectivity index (χ4n) is 2.60. The molecule has 28 heavy (non-hydrogen) atoms. The van der Waals surface area contributed by atoms with Gasteiger partial charge in [0.2, 0.25) is 5.91 Å². The van der Waals surface area contributed by atoms with Crippen molar-refractivity contribution in [2.75, 3.05) is 26.1 Å². The van der Waals surface area contributed by atoms with Gasteiger partial charge in [-0.2, -0.15) is 0 Å². The van der Waals surface area contributed by atoms with Crippen LogP contribution in [0.1, 0.15) is 5.56 Å². The van der Waals surface area contributed by atoms with Crippen LogP contribution in [-0.2, 0) is 9.59 Å². The Morgan fingerprint density at radius 1 is 1.07 bits per heavy atom. The van der Waals surface area contributed by atoms with Crippen LogP contribution in [0.25, 0.3) is 6.08 Å². The van der Waals surface area contributed by atoms with Crippen LogP contribution in [0, 0.1) is 0 Å². The number of amides is 3. The molecule has 8 heteroatoms. The topological polar surface area (TPSA) is 84.9 Å². The summed E-state index contributed by atoms with van der Waals surface area (Å²) in [5, 5.41) is 2.17. The highest BCUT2D eigenvalue weighted by Gasteiger charge is 2.36. The number of carbonyl (C=O) groups is 3. The average molecular weight is 398 g/mol. The predicted molar refractivity (Wildman–Crippen MR) is 107 cm³/mol. The maximum Gasteiger partial charge on any atom is 0.294 e. The third-order valence-corrected chi connectivity index (χ3v) is 4.85. The van der Waals surface area contributed by atoms with Crippen LogP contribution < -0.4 is 14.8 Å². The molecule has 0 atom stereocenters. The number of para-hydroxylation sites is 1. The van der Waals surface area contributed by atoms with Crippen LogP contribution >= 0.6 is 11.8 Å². The van der Waals surface area contributed by atoms with Gasteiger partial charge in [0.15, 0.2) is 11.5 Å². The summed E-state index contributed by atoms with van der Waals surface area (Å²) in [6.45, 7) is -0.344. The van der Waals surface area contributed by atoms with E-state index >= 15 is 0 Å². The molecule has 0 aromatic heterocycles. The number of anilines is 1. The van der Waals surface area contributed by atoms with E-state index in [1.165, 1.54) is 14.2 Å². The van der Waals surface area contributed by atoms with E-state index in [-0.39, 0.29) is 11.4 Å². The predicted octanol–water partition coefficient (Wildman–Crippen LogP) is 3.38. The molecule has 0 radical (unpaired) electrons. The van der Waals surface area contributed by atoms with E-state index in [2.05, 4.69) is 5.32 Å². The number of rotatable bonds is 6. The molecule has 1 saturated heterocycles. The van der Waals surface area contributed by atoms with Gasteiger partial charge < -0.3 is 14.8 Å². The van der Waals surface area contributed by atoms with Gasteiger partial charge in [-0.3, -0.25) is 19.3 Å². The average Bonchev–Trinajstić information content (AvgIpc) is 2.96. The first-order valence-electron chi connectivity index (χ1n) is 8.34. The second-order valence-electron chi connectivity index (χ2n) is 5.80. The Labute approximate surface area is 166 Å². The Morgan fingerprint density at radius 2 is 1.79 bits per heavy atom. The van der Waals surface area contributed by atoms with Crippen molar-refractivity contribution in [1.82, 2.24) is 4.90 Å². The molecular weight excluding hydrogens is 380 g/mol. The van der Waals surface area contributed by atoms with E-state index in [1.54, 1.807) is 48.5 Å². The number of nitrogens with one attached hydrogen (secondary N) is 1. The monoisotopic (exact) mass is 398 g/mol. The Morgan fingerprint density at radius 3 is 2.46 bits per heavy atom. The highest BCUT2D eigenvalue weighted by molar-refractivity contribution is 8.18. The molecule has 0 bridgehead atoms. The number of imide groups is 1. The molecule has 1 aliphatic heterocycles. The molecule has 0 spiro atoms. The lowest BCUT2D eigenvalue weighted by atomic mass is 10.2. The number of carbonyl (C=O) groups excluding carboxylic acids is 3. The van der Waals surface area contributed by atoms with E-state index in [9.17, 15) is 14.4 Å². The van der Waals surface area contributed by atoms with Gasteiger partial charge in [0.05, 0.1) is 19.1 Å². The number of hydrogen-bond donors (Lipinski definition) is 1. The van der Waals surface area contributed by atoms with Crippen molar-refractivity contribution in [2.24, 2.45) is 0 Å². The fraction of sp³-hybridized carbons (Fsp3) is 0.150. The van der Waals surface area contributed by atoms with Gasteiger partial charge in [0.25, 0.3) is 11.1 Å². The minimum absolute atomic E-state index is 0.240. The van der Waals surface area contributed by atoms with Gasteiger partial charge in [-0.1, -0.05) is 24.3 Å². The van der Waals surface area contributed by atoms with Crippen molar-refractivity contribution in [3.8, 4) is 11.5 Å². The van der Waals surface area contributed by atoms with Crippen molar-refractivity contribution < 1.29 is 23.9 Å². The summed E-state index contributed by atoms with van der Waals surface area (Å²) in [6, 6.07) is 14.0. The van der Waals surface area contributed by atoms with E-state index < -0.39 is 17.1 Å². The molecule has 1 N–H and O–H groups in total. The minimum Gasteiger partial charge on any atom is -0.493 e. The van der Waals surface area contributed by atoms with Gasteiger partial charge in [-0.15, -0.1) is 0 Å². The lowest BCUT2D eigenvalue weighted by Gasteiger charge is -2.12. The SMILES string of the molecule is COc1ccc(/C=C2/SC(=O)N(CC(=O)Nc3ccccc3)C2=O)cc1OC. The third kappa shape index (κ3) is 4.34. The summed E-state index contributed by atoms with van der Waals surface area (Å²) in [4.78, 5) is 38.1. The maximum absolute atomic E-state index is 12.6. The maximum atomic E-state index is 12.6. The zero-order valence-corrected chi connectivity index (χ0v) is 16.1. The third-order valence-electron chi connectivity index (χ3n) is 3.94. The molecule has 7 nitrogen and oxygen atoms in total. The molecule has 1 aliphatic rings. The first-order chi connectivity index (χ1) is 13.5. The normalized spacial score (nSPS) is 15.1. The smallest absolute Gasteiger partial charge is 0.294 e. The van der Waals surface area contributed by atoms with Crippen molar-refractivity contribution in [1.29, 1.82) is 0 Å². The summed E-state index contributed by atoms with van der Waals surface area (Å²) in [5.74, 6) is 0.122. The molecule has 144 valence electrons. The summed E-state index contributed by atoms with van der Waals surface area (Å²) in [5.41, 5.74) is 1.28. The van der Waals surface area contributed by atoms with Crippen LogP contribution in [-0.4, -0.2) is 42.7 Å². The first-order valence-corrected chi connectivity index (χ1v) is 9.15. The van der Waals surface area contributed by atoms with E-state index in [4.69, 9.17) is 9.47 Å². The lowest BCUT2D eigenvalue weighted by molar-refractivity contribution is -0.127. The van der Waals surface area contributed by atoms with Crippen molar-refractivity contribution in [3.05, 3.63) is 59.0 Å². The standard InChI is InChI=1S/C20H18N2O5S/c1-26-15-9-8-13(10-16(15)27-2)11-17-19(24)22(20(25)28-17)12-18(23)21-14-6-4-3-5-7-14/h3-11H,12H2,1-2H3,(H,21,23)/b17-11+. The van der Waals surface area contributed by atoms with Gasteiger partial charge in [0, 0.05) is 5.69 Å². The van der Waals surface area contributed by atoms with Crippen LogP contribution in [0.5, 0.6) is 11.5 Å². The van der Waals surface area contributed by atoms with Crippen LogP contribution in [0.2, 0.25) is 0 Å². The van der Waals surface area contributed by atoms with Crippen LogP contribution in [0.4, 0.5) is 10.5 Å². The highest BCUT2D eigenvalue weighted by atomic mass is 32.2. The van der Waals surface area contributed by atoms with Crippen molar-refractivity contribution in [3.63, 3.8) is 0 Å². The number of ether oxygens (including phenoxy) is 2. The molecule has 1 fully saturated rings. The van der Waals surface area contributed by atoms with E-state index in [0.717, 1.165) is 16.7 Å². The minimum atomic E-state index is -0.506. The summed E-state index contributed by atoms with van der Waals surface area (Å²) in [7, 11) is 3.05. The second kappa shape index (κ2) is 8.62. The number of hydrogen-bond acceptors (Lipinski definition) is 6. The van der Waals surface area contributed by atoms with Crippen molar-refractivity contribution >= 4 is 40.6 Å². The largest absolute Gasteiger partial charge is 0.493 e. The summed E-state index contributed by atoms with van der Waals surface area (Å²) >= 11 is 0.795. The molecule has 3 amide bonds. The molecule has 0 saturated carbocycles. The molecular formula is C20H18N2O5S. The molecule has 2 aromatic carbocycles. The van der Waals surface area contributed by atoms with Gasteiger partial charge in [0.1, 0.15) is 6.54 Å². The van der Waals surface area contributed by atoms with E-state index in [1.807, 2.05) is 6.07 Å². The fourth-order valence-corrected chi connectivity index (χ4v) is 3.43. The molecule has 0 aliphatic carbocycles. The zero-order valence-electron chi connectivity index (χ0n) is 15.3. The molecule has 0 unspecified atom stereocenters. The first kappa shape index (κ1) is 19.5. The van der Waals surface area contributed by atoms with Gasteiger partial charge in [-0.05, 0) is 47.7 Å². The molecule has 3 rings (SSSR count). The Bertz CT molecular complexity index is 943. The zero-order chi connectivity index (χ0) is 20.1. The Balaban J connectivity index is 1.72. The highest BCUT2D eigenvalue weighted by Crippen LogP contribution is 2.34. The van der Waals surface area contributed by atoms with Gasteiger partial charge >= 0.3 is 0 Å². The lowest BCUT2D eigenvalue weighted by Crippen LogP contribution is -2.36. The summed E-state index contributed by atoms with van der Waals surface area (Å²) < 4.78 is 10.4. The second-order valence-corrected chi connectivity index (χ2v) is 6.79. The number of thioether (sulfide) groups is 1. The molecule has 2 aromatic rings. The van der Waals surface area contributed by atoms with E-state index in [0.29, 0.717) is 22.7 Å². The Kier molecular flexibility index (Phi) is 6.00.